The number of hydrogen-bond acceptors (Lipinski definition) is 1. The largest absolute Gasteiger partial charge is 0.385 e. The maximum Gasteiger partial charge on any atom is 0.111 e. The van der Waals surface area contributed by atoms with Gasteiger partial charge in [0.2, 0.25) is 0 Å². The third-order valence-corrected chi connectivity index (χ3v) is 3.03. The minimum Gasteiger partial charge on any atom is -0.385 e. The lowest BCUT2D eigenvalue weighted by Gasteiger charge is -2.04. The Kier molecular flexibility index (Phi) is 2.82. The van der Waals surface area contributed by atoms with Crippen molar-refractivity contribution in [3.63, 3.8) is 0 Å². The molecule has 0 spiro atoms. The van der Waals surface area contributed by atoms with Gasteiger partial charge in [-0.1, -0.05) is 28.1 Å². The molecule has 0 radical (unpaired) electrons. The van der Waals surface area contributed by atoms with E-state index < -0.39 is 0 Å². The van der Waals surface area contributed by atoms with E-state index in [1.54, 1.807) is 0 Å². The molecule has 1 heterocycles. The van der Waals surface area contributed by atoms with Crippen molar-refractivity contribution in [1.82, 2.24) is 4.57 Å². The molecule has 2 aromatic rings. The highest BCUT2D eigenvalue weighted by atomic mass is 79.9. The van der Waals surface area contributed by atoms with Crippen LogP contribution in [0, 0.1) is 0 Å². The van der Waals surface area contributed by atoms with Crippen LogP contribution in [0.4, 0.5) is 5.82 Å². The number of nitrogens with zero attached hydrogens (tertiary/aromatic N) is 1. The summed E-state index contributed by atoms with van der Waals surface area (Å²) in [5, 5.41) is 0. The number of benzene rings is 1. The van der Waals surface area contributed by atoms with Gasteiger partial charge in [-0.15, -0.1) is 0 Å². The van der Waals surface area contributed by atoms with Crippen LogP contribution in [-0.2, 0) is 6.54 Å². The van der Waals surface area contributed by atoms with Crippen LogP contribution in [0.15, 0.2) is 41.0 Å². The van der Waals surface area contributed by atoms with E-state index in [0.717, 1.165) is 28.0 Å². The van der Waals surface area contributed by atoms with Gasteiger partial charge in [-0.25, -0.2) is 0 Å². The summed E-state index contributed by atoms with van der Waals surface area (Å²) in [5.74, 6) is 0.833. The van der Waals surface area contributed by atoms with Crippen LogP contribution >= 0.6 is 15.9 Å². The standard InChI is InChI=1S/C12H13BrN2/c1-2-15-8-7-11(12(15)14)9-3-5-10(13)6-4-9/h3-8H,2,14H2,1H3. The van der Waals surface area contributed by atoms with Gasteiger partial charge in [0.15, 0.2) is 0 Å². The van der Waals surface area contributed by atoms with Crippen molar-refractivity contribution in [3.05, 3.63) is 41.0 Å². The van der Waals surface area contributed by atoms with E-state index in [1.165, 1.54) is 0 Å². The first-order valence-corrected chi connectivity index (χ1v) is 5.72. The Hall–Kier alpha value is -1.22. The molecule has 2 nitrogen and oxygen atoms in total. The van der Waals surface area contributed by atoms with E-state index in [9.17, 15) is 0 Å². The Bertz CT molecular complexity index is 457. The van der Waals surface area contributed by atoms with E-state index in [-0.39, 0.29) is 0 Å². The third-order valence-electron chi connectivity index (χ3n) is 2.50. The zero-order valence-corrected chi connectivity index (χ0v) is 10.2. The summed E-state index contributed by atoms with van der Waals surface area (Å²) < 4.78 is 3.12. The second-order valence-corrected chi connectivity index (χ2v) is 4.32. The lowest BCUT2D eigenvalue weighted by Crippen LogP contribution is -1.99. The van der Waals surface area contributed by atoms with Crippen molar-refractivity contribution >= 4 is 21.7 Å². The quantitative estimate of drug-likeness (QED) is 0.884. The summed E-state index contributed by atoms with van der Waals surface area (Å²) in [6.45, 7) is 2.99. The van der Waals surface area contributed by atoms with Crippen LogP contribution in [-0.4, -0.2) is 4.57 Å². The summed E-state index contributed by atoms with van der Waals surface area (Å²) in [7, 11) is 0. The Morgan fingerprint density at radius 3 is 2.40 bits per heavy atom. The smallest absolute Gasteiger partial charge is 0.111 e. The highest BCUT2D eigenvalue weighted by molar-refractivity contribution is 9.10. The molecule has 1 aromatic heterocycles. The van der Waals surface area contributed by atoms with E-state index in [4.69, 9.17) is 5.73 Å². The van der Waals surface area contributed by atoms with Gasteiger partial charge in [0.1, 0.15) is 5.82 Å². The fourth-order valence-corrected chi connectivity index (χ4v) is 1.90. The van der Waals surface area contributed by atoms with Crippen LogP contribution < -0.4 is 5.73 Å². The highest BCUT2D eigenvalue weighted by Crippen LogP contribution is 2.27. The number of aryl methyl sites for hydroxylation is 1. The number of nitrogen functional groups attached to an aromatic ring is 1. The van der Waals surface area contributed by atoms with Gasteiger partial charge >= 0.3 is 0 Å². The van der Waals surface area contributed by atoms with E-state index in [1.807, 2.05) is 22.9 Å². The van der Waals surface area contributed by atoms with E-state index in [0.29, 0.717) is 0 Å². The molecule has 0 atom stereocenters. The Morgan fingerprint density at radius 1 is 1.20 bits per heavy atom. The first-order chi connectivity index (χ1) is 7.22. The number of rotatable bonds is 2. The summed E-state index contributed by atoms with van der Waals surface area (Å²) in [6, 6.07) is 10.2. The van der Waals surface area contributed by atoms with Gasteiger partial charge < -0.3 is 10.3 Å². The molecule has 0 aliphatic carbocycles. The van der Waals surface area contributed by atoms with Gasteiger partial charge in [-0.2, -0.15) is 0 Å². The topological polar surface area (TPSA) is 30.9 Å². The van der Waals surface area contributed by atoms with Crippen LogP contribution in [0.3, 0.4) is 0 Å². The summed E-state index contributed by atoms with van der Waals surface area (Å²) in [5.41, 5.74) is 8.29. The van der Waals surface area contributed by atoms with Gasteiger partial charge in [-0.05, 0) is 30.7 Å². The maximum atomic E-state index is 6.04. The van der Waals surface area contributed by atoms with Crippen LogP contribution in [0.1, 0.15) is 6.92 Å². The summed E-state index contributed by atoms with van der Waals surface area (Å²) >= 11 is 3.42. The zero-order valence-electron chi connectivity index (χ0n) is 8.57. The molecule has 0 amide bonds. The molecule has 3 heteroatoms. The fraction of sp³-hybridized carbons (Fsp3) is 0.167. The average molecular weight is 265 g/mol. The fourth-order valence-electron chi connectivity index (χ4n) is 1.63. The lowest BCUT2D eigenvalue weighted by molar-refractivity contribution is 0.780. The molecule has 1 aromatic carbocycles. The zero-order chi connectivity index (χ0) is 10.8. The predicted molar refractivity (Wildman–Crippen MR) is 67.7 cm³/mol. The molecular weight excluding hydrogens is 252 g/mol. The first-order valence-electron chi connectivity index (χ1n) is 4.93. The normalized spacial score (nSPS) is 10.5. The lowest BCUT2D eigenvalue weighted by atomic mass is 10.1. The predicted octanol–water partition coefficient (Wildman–Crippen LogP) is 3.52. The summed E-state index contributed by atoms with van der Waals surface area (Å²) in [6.07, 6.45) is 2.02. The molecule has 0 unspecified atom stereocenters. The van der Waals surface area contributed by atoms with Crippen molar-refractivity contribution in [3.8, 4) is 11.1 Å². The first kappa shape index (κ1) is 10.3. The molecule has 78 valence electrons. The molecule has 2 rings (SSSR count). The third kappa shape index (κ3) is 1.92. The van der Waals surface area contributed by atoms with E-state index in [2.05, 4.69) is 41.1 Å². The molecule has 15 heavy (non-hydrogen) atoms. The second-order valence-electron chi connectivity index (χ2n) is 3.41. The molecule has 0 aliphatic rings. The average Bonchev–Trinajstić information content (AvgIpc) is 2.61. The molecule has 0 fully saturated rings. The van der Waals surface area contributed by atoms with Crippen molar-refractivity contribution < 1.29 is 0 Å². The van der Waals surface area contributed by atoms with Gasteiger partial charge in [0.05, 0.1) is 0 Å². The van der Waals surface area contributed by atoms with Crippen molar-refractivity contribution in [2.45, 2.75) is 13.5 Å². The summed E-state index contributed by atoms with van der Waals surface area (Å²) in [4.78, 5) is 0. The molecule has 0 bridgehead atoms. The maximum absolute atomic E-state index is 6.04. The number of aromatic nitrogens is 1. The Balaban J connectivity index is 2.45. The van der Waals surface area contributed by atoms with Crippen LogP contribution in [0.25, 0.3) is 11.1 Å². The van der Waals surface area contributed by atoms with Gasteiger partial charge in [-0.3, -0.25) is 0 Å². The van der Waals surface area contributed by atoms with Gasteiger partial charge in [0.25, 0.3) is 0 Å². The Morgan fingerprint density at radius 2 is 1.87 bits per heavy atom. The van der Waals surface area contributed by atoms with Crippen molar-refractivity contribution in [2.75, 3.05) is 5.73 Å². The van der Waals surface area contributed by atoms with Crippen molar-refractivity contribution in [1.29, 1.82) is 0 Å². The molecule has 2 N–H and O–H groups in total. The molecule has 0 saturated carbocycles. The van der Waals surface area contributed by atoms with Crippen LogP contribution in [0.5, 0.6) is 0 Å². The second kappa shape index (κ2) is 4.11. The highest BCUT2D eigenvalue weighted by Gasteiger charge is 2.06. The Labute approximate surface area is 97.8 Å². The minimum absolute atomic E-state index is 0.833. The van der Waals surface area contributed by atoms with Crippen LogP contribution in [0.2, 0.25) is 0 Å². The SMILES string of the molecule is CCn1ccc(-c2ccc(Br)cc2)c1N. The number of hydrogen-bond donors (Lipinski definition) is 1. The molecule has 0 saturated heterocycles. The minimum atomic E-state index is 0.833. The van der Waals surface area contributed by atoms with E-state index >= 15 is 0 Å². The van der Waals surface area contributed by atoms with Gasteiger partial charge in [0, 0.05) is 22.8 Å². The van der Waals surface area contributed by atoms with Crippen molar-refractivity contribution in [2.24, 2.45) is 0 Å². The number of anilines is 1. The number of nitrogens with two attached hydrogens (primary N) is 1. The number of halogens is 1. The monoisotopic (exact) mass is 264 g/mol. The molecule has 0 aliphatic heterocycles. The molecular formula is C12H13BrN2.